The smallest absolute Gasteiger partial charge is 0.229 e. The van der Waals surface area contributed by atoms with Crippen LogP contribution >= 0.6 is 11.6 Å². The van der Waals surface area contributed by atoms with E-state index in [0.29, 0.717) is 17.3 Å². The summed E-state index contributed by atoms with van der Waals surface area (Å²) in [5, 5.41) is 2.82. The van der Waals surface area contributed by atoms with Crippen LogP contribution in [0.25, 0.3) is 0 Å². The lowest BCUT2D eigenvalue weighted by atomic mass is 9.95. The predicted molar refractivity (Wildman–Crippen MR) is 61.9 cm³/mol. The lowest BCUT2D eigenvalue weighted by Gasteiger charge is -2.18. The molecule has 15 heavy (non-hydrogen) atoms. The zero-order valence-corrected chi connectivity index (χ0v) is 9.93. The Morgan fingerprint density at radius 2 is 2.20 bits per heavy atom. The van der Waals surface area contributed by atoms with Gasteiger partial charge in [-0.1, -0.05) is 20.8 Å². The van der Waals surface area contributed by atoms with Crippen molar-refractivity contribution in [2.45, 2.75) is 26.7 Å². The summed E-state index contributed by atoms with van der Waals surface area (Å²) in [4.78, 5) is 15.8. The van der Waals surface area contributed by atoms with E-state index in [4.69, 9.17) is 11.6 Å². The molecule has 3 nitrogen and oxygen atoms in total. The summed E-state index contributed by atoms with van der Waals surface area (Å²) in [6.45, 7) is 5.58. The maximum atomic E-state index is 11.7. The molecule has 0 aliphatic rings. The van der Waals surface area contributed by atoms with Crippen LogP contribution in [-0.2, 0) is 10.7 Å². The maximum Gasteiger partial charge on any atom is 0.229 e. The molecular formula is C11H15ClN2O. The van der Waals surface area contributed by atoms with E-state index in [2.05, 4.69) is 10.3 Å². The van der Waals surface area contributed by atoms with Gasteiger partial charge in [0.15, 0.2) is 0 Å². The first-order chi connectivity index (χ1) is 6.95. The Hall–Kier alpha value is -1.09. The number of nitrogens with zero attached hydrogens (tertiary/aromatic N) is 1. The number of pyridine rings is 1. The highest BCUT2D eigenvalue weighted by Crippen LogP contribution is 2.19. The molecule has 1 rings (SSSR count). The normalized spacial score (nSPS) is 11.2. The second kappa shape index (κ2) is 4.62. The highest BCUT2D eigenvalue weighted by Gasteiger charge is 2.21. The van der Waals surface area contributed by atoms with Gasteiger partial charge in [-0.05, 0) is 12.1 Å². The van der Waals surface area contributed by atoms with Gasteiger partial charge >= 0.3 is 0 Å². The van der Waals surface area contributed by atoms with Crippen LogP contribution in [0.1, 0.15) is 26.5 Å². The summed E-state index contributed by atoms with van der Waals surface area (Å²) in [5.41, 5.74) is 0.962. The van der Waals surface area contributed by atoms with Crippen LogP contribution in [0, 0.1) is 5.41 Å². The number of aromatic nitrogens is 1. The molecule has 0 atom stereocenters. The number of hydrogen-bond donors (Lipinski definition) is 1. The van der Waals surface area contributed by atoms with Gasteiger partial charge in [-0.25, -0.2) is 0 Å². The number of hydrogen-bond acceptors (Lipinski definition) is 2. The van der Waals surface area contributed by atoms with Crippen molar-refractivity contribution in [1.29, 1.82) is 0 Å². The third kappa shape index (κ3) is 3.20. The third-order valence-electron chi connectivity index (χ3n) is 1.95. The molecule has 1 aromatic heterocycles. The van der Waals surface area contributed by atoms with Gasteiger partial charge in [0.05, 0.1) is 17.3 Å². The van der Waals surface area contributed by atoms with E-state index in [-0.39, 0.29) is 5.91 Å². The Kier molecular flexibility index (Phi) is 3.69. The SMILES string of the molecule is CC(C)(C)C(=O)Nc1cccnc1CCl. The highest BCUT2D eigenvalue weighted by atomic mass is 35.5. The van der Waals surface area contributed by atoms with Crippen LogP contribution in [0.3, 0.4) is 0 Å². The maximum absolute atomic E-state index is 11.7. The van der Waals surface area contributed by atoms with E-state index in [9.17, 15) is 4.79 Å². The minimum Gasteiger partial charge on any atom is -0.324 e. The van der Waals surface area contributed by atoms with Gasteiger partial charge in [-0.15, -0.1) is 11.6 Å². The molecule has 0 unspecified atom stereocenters. The summed E-state index contributed by atoms with van der Waals surface area (Å²) in [6.07, 6.45) is 1.66. The van der Waals surface area contributed by atoms with Crippen molar-refractivity contribution in [3.05, 3.63) is 24.0 Å². The van der Waals surface area contributed by atoms with E-state index in [1.165, 1.54) is 0 Å². The zero-order chi connectivity index (χ0) is 11.5. The summed E-state index contributed by atoms with van der Waals surface area (Å²) in [5.74, 6) is 0.252. The number of rotatable bonds is 2. The van der Waals surface area contributed by atoms with Gasteiger partial charge in [0.25, 0.3) is 0 Å². The Morgan fingerprint density at radius 1 is 1.53 bits per heavy atom. The Morgan fingerprint density at radius 3 is 2.73 bits per heavy atom. The molecule has 0 aliphatic carbocycles. The Labute approximate surface area is 94.9 Å². The number of carbonyl (C=O) groups is 1. The molecule has 0 bridgehead atoms. The van der Waals surface area contributed by atoms with E-state index < -0.39 is 5.41 Å². The molecule has 0 saturated heterocycles. The molecule has 0 radical (unpaired) electrons. The Bertz CT molecular complexity index is 358. The average Bonchev–Trinajstić information content (AvgIpc) is 2.17. The van der Waals surface area contributed by atoms with Gasteiger partial charge < -0.3 is 5.32 Å². The van der Waals surface area contributed by atoms with Crippen molar-refractivity contribution in [3.8, 4) is 0 Å². The van der Waals surface area contributed by atoms with Crippen LogP contribution in [0.2, 0.25) is 0 Å². The summed E-state index contributed by atoms with van der Waals surface area (Å²) < 4.78 is 0. The second-order valence-electron chi connectivity index (χ2n) is 4.34. The van der Waals surface area contributed by atoms with E-state index in [1.54, 1.807) is 18.3 Å². The Balaban J connectivity index is 2.85. The van der Waals surface area contributed by atoms with E-state index >= 15 is 0 Å². The molecule has 1 heterocycles. The first-order valence-corrected chi connectivity index (χ1v) is 5.30. The van der Waals surface area contributed by atoms with Gasteiger partial charge in [-0.3, -0.25) is 9.78 Å². The summed E-state index contributed by atoms with van der Waals surface area (Å²) in [6, 6.07) is 3.57. The first-order valence-electron chi connectivity index (χ1n) is 4.76. The van der Waals surface area contributed by atoms with Crippen molar-refractivity contribution in [3.63, 3.8) is 0 Å². The van der Waals surface area contributed by atoms with Gasteiger partial charge in [0.2, 0.25) is 5.91 Å². The molecule has 1 N–H and O–H groups in total. The molecule has 0 fully saturated rings. The molecular weight excluding hydrogens is 212 g/mol. The molecule has 1 aromatic rings. The molecule has 0 aromatic carbocycles. The standard InChI is InChI=1S/C11H15ClN2O/c1-11(2,3)10(15)14-8-5-4-6-13-9(8)7-12/h4-6H,7H2,1-3H3,(H,14,15). The number of halogens is 1. The minimum absolute atomic E-state index is 0.0399. The molecule has 82 valence electrons. The summed E-state index contributed by atoms with van der Waals surface area (Å²) in [7, 11) is 0. The summed E-state index contributed by atoms with van der Waals surface area (Å²) >= 11 is 5.72. The van der Waals surface area contributed by atoms with Crippen molar-refractivity contribution in [2.75, 3.05) is 5.32 Å². The van der Waals surface area contributed by atoms with Gasteiger partial charge in [0.1, 0.15) is 0 Å². The molecule has 4 heteroatoms. The topological polar surface area (TPSA) is 42.0 Å². The van der Waals surface area contributed by atoms with Crippen LogP contribution < -0.4 is 5.32 Å². The molecule has 0 aliphatic heterocycles. The monoisotopic (exact) mass is 226 g/mol. The first kappa shape index (κ1) is 12.0. The van der Waals surface area contributed by atoms with Gasteiger partial charge in [-0.2, -0.15) is 0 Å². The molecule has 0 spiro atoms. The molecule has 0 saturated carbocycles. The van der Waals surface area contributed by atoms with Crippen LogP contribution in [0.15, 0.2) is 18.3 Å². The quantitative estimate of drug-likeness (QED) is 0.788. The number of nitrogens with one attached hydrogen (secondary N) is 1. The van der Waals surface area contributed by atoms with Gasteiger partial charge in [0, 0.05) is 11.6 Å². The third-order valence-corrected chi connectivity index (χ3v) is 2.20. The average molecular weight is 227 g/mol. The van der Waals surface area contributed by atoms with Crippen molar-refractivity contribution in [2.24, 2.45) is 5.41 Å². The number of alkyl halides is 1. The van der Waals surface area contributed by atoms with E-state index in [0.717, 1.165) is 0 Å². The highest BCUT2D eigenvalue weighted by molar-refractivity contribution is 6.17. The largest absolute Gasteiger partial charge is 0.324 e. The van der Waals surface area contributed by atoms with Crippen LogP contribution in [0.4, 0.5) is 5.69 Å². The lowest BCUT2D eigenvalue weighted by molar-refractivity contribution is -0.123. The number of amides is 1. The zero-order valence-electron chi connectivity index (χ0n) is 9.17. The fraction of sp³-hybridized carbons (Fsp3) is 0.455. The lowest BCUT2D eigenvalue weighted by Crippen LogP contribution is -2.28. The van der Waals surface area contributed by atoms with Crippen molar-refractivity contribution < 1.29 is 4.79 Å². The fourth-order valence-corrected chi connectivity index (χ4v) is 1.18. The second-order valence-corrected chi connectivity index (χ2v) is 4.60. The number of anilines is 1. The van der Waals surface area contributed by atoms with E-state index in [1.807, 2.05) is 20.8 Å². The van der Waals surface area contributed by atoms with Crippen LogP contribution in [0.5, 0.6) is 0 Å². The predicted octanol–water partition coefficient (Wildman–Crippen LogP) is 2.81. The van der Waals surface area contributed by atoms with Crippen molar-refractivity contribution >= 4 is 23.2 Å². The number of carbonyl (C=O) groups excluding carboxylic acids is 1. The van der Waals surface area contributed by atoms with Crippen LogP contribution in [-0.4, -0.2) is 10.9 Å². The van der Waals surface area contributed by atoms with Crippen molar-refractivity contribution in [1.82, 2.24) is 4.98 Å². The minimum atomic E-state index is -0.417. The fourth-order valence-electron chi connectivity index (χ4n) is 0.968. The molecule has 1 amide bonds.